The number of hydrogen-bond acceptors (Lipinski definition) is 1. The zero-order valence-corrected chi connectivity index (χ0v) is 7.78. The van der Waals surface area contributed by atoms with Gasteiger partial charge in [-0.25, -0.2) is 13.2 Å². The number of halogens is 3. The largest absolute Gasteiger partial charge is 0.396 e. The summed E-state index contributed by atoms with van der Waals surface area (Å²) in [6.07, 6.45) is 0.426. The first-order chi connectivity index (χ1) is 6.57. The molecule has 1 N–H and O–H groups in total. The fourth-order valence-electron chi connectivity index (χ4n) is 1.19. The van der Waals surface area contributed by atoms with Gasteiger partial charge in [0.05, 0.1) is 0 Å². The number of aryl methyl sites for hydroxylation is 1. The second-order valence-electron chi connectivity index (χ2n) is 3.10. The van der Waals surface area contributed by atoms with Crippen molar-refractivity contribution in [3.05, 3.63) is 34.6 Å². The maximum atomic E-state index is 13.1. The Balaban J connectivity index is 3.06. The molecule has 78 valence electrons. The lowest BCUT2D eigenvalue weighted by Gasteiger charge is -2.06. The maximum absolute atomic E-state index is 13.1. The molecule has 0 heterocycles. The average molecular weight is 204 g/mol. The molecule has 1 aromatic carbocycles. The molecule has 0 bridgehead atoms. The van der Waals surface area contributed by atoms with Crippen LogP contribution in [0.2, 0.25) is 0 Å². The third kappa shape index (κ3) is 2.07. The van der Waals surface area contributed by atoms with Crippen molar-refractivity contribution in [1.82, 2.24) is 0 Å². The van der Waals surface area contributed by atoms with Crippen LogP contribution in [0.1, 0.15) is 17.5 Å². The van der Waals surface area contributed by atoms with E-state index >= 15 is 0 Å². The van der Waals surface area contributed by atoms with Crippen molar-refractivity contribution < 1.29 is 18.3 Å². The highest BCUT2D eigenvalue weighted by Gasteiger charge is 2.14. The number of hydrogen-bond donors (Lipinski definition) is 1. The van der Waals surface area contributed by atoms with E-state index in [-0.39, 0.29) is 24.2 Å². The number of rotatable bonds is 3. The number of aliphatic hydroxyl groups excluding tert-OH is 1. The second-order valence-corrected chi connectivity index (χ2v) is 3.10. The predicted octanol–water partition coefficient (Wildman–Crippen LogP) is 2.34. The minimum Gasteiger partial charge on any atom is -0.396 e. The number of aliphatic hydroxyl groups is 1. The van der Waals surface area contributed by atoms with Gasteiger partial charge in [-0.05, 0) is 31.4 Å². The van der Waals surface area contributed by atoms with Crippen LogP contribution in [0.3, 0.4) is 0 Å². The van der Waals surface area contributed by atoms with E-state index in [1.54, 1.807) is 0 Å². The van der Waals surface area contributed by atoms with Crippen molar-refractivity contribution in [3.8, 4) is 0 Å². The van der Waals surface area contributed by atoms with Crippen molar-refractivity contribution >= 4 is 0 Å². The van der Waals surface area contributed by atoms with Crippen molar-refractivity contribution in [3.63, 3.8) is 0 Å². The van der Waals surface area contributed by atoms with Gasteiger partial charge < -0.3 is 5.11 Å². The summed E-state index contributed by atoms with van der Waals surface area (Å²) in [7, 11) is 0. The molecule has 0 aromatic heterocycles. The Morgan fingerprint density at radius 1 is 1.21 bits per heavy atom. The molecule has 0 saturated heterocycles. The summed E-state index contributed by atoms with van der Waals surface area (Å²) < 4.78 is 39.1. The molecule has 0 amide bonds. The SMILES string of the molecule is Cc1c(F)cc(CCCO)c(F)c1F. The Morgan fingerprint density at radius 2 is 1.86 bits per heavy atom. The molecule has 0 aliphatic heterocycles. The Kier molecular flexibility index (Phi) is 3.52. The average Bonchev–Trinajstić information content (AvgIpc) is 2.18. The van der Waals surface area contributed by atoms with Crippen LogP contribution in [-0.2, 0) is 6.42 Å². The molecule has 1 nitrogen and oxygen atoms in total. The molecular weight excluding hydrogens is 193 g/mol. The van der Waals surface area contributed by atoms with Crippen molar-refractivity contribution in [2.24, 2.45) is 0 Å². The lowest BCUT2D eigenvalue weighted by Crippen LogP contribution is -2.01. The zero-order chi connectivity index (χ0) is 10.7. The summed E-state index contributed by atoms with van der Waals surface area (Å²) in [4.78, 5) is 0. The third-order valence-electron chi connectivity index (χ3n) is 2.07. The highest BCUT2D eigenvalue weighted by molar-refractivity contribution is 5.27. The van der Waals surface area contributed by atoms with E-state index in [4.69, 9.17) is 5.11 Å². The van der Waals surface area contributed by atoms with E-state index in [1.807, 2.05) is 0 Å². The van der Waals surface area contributed by atoms with E-state index in [2.05, 4.69) is 0 Å². The third-order valence-corrected chi connectivity index (χ3v) is 2.07. The van der Waals surface area contributed by atoms with E-state index < -0.39 is 17.5 Å². The molecule has 0 unspecified atom stereocenters. The molecule has 0 aliphatic carbocycles. The normalized spacial score (nSPS) is 10.6. The van der Waals surface area contributed by atoms with E-state index in [0.29, 0.717) is 6.42 Å². The van der Waals surface area contributed by atoms with Crippen LogP contribution in [0.15, 0.2) is 6.07 Å². The van der Waals surface area contributed by atoms with Crippen molar-refractivity contribution in [1.29, 1.82) is 0 Å². The summed E-state index contributed by atoms with van der Waals surface area (Å²) in [6, 6.07) is 0.976. The Hall–Kier alpha value is -1.03. The van der Waals surface area contributed by atoms with Crippen LogP contribution in [0, 0.1) is 24.4 Å². The van der Waals surface area contributed by atoms with Gasteiger partial charge in [-0.3, -0.25) is 0 Å². The summed E-state index contributed by atoms with van der Waals surface area (Å²) in [5.74, 6) is -2.91. The van der Waals surface area contributed by atoms with Crippen molar-refractivity contribution in [2.75, 3.05) is 6.61 Å². The van der Waals surface area contributed by atoms with Gasteiger partial charge in [0, 0.05) is 12.2 Å². The molecule has 14 heavy (non-hydrogen) atoms. The van der Waals surface area contributed by atoms with Crippen LogP contribution in [0.4, 0.5) is 13.2 Å². The molecule has 4 heteroatoms. The minimum absolute atomic E-state index is 0.0281. The van der Waals surface area contributed by atoms with Crippen LogP contribution in [0.5, 0.6) is 0 Å². The Morgan fingerprint density at radius 3 is 2.43 bits per heavy atom. The lowest BCUT2D eigenvalue weighted by atomic mass is 10.1. The quantitative estimate of drug-likeness (QED) is 0.749. The van der Waals surface area contributed by atoms with E-state index in [9.17, 15) is 13.2 Å². The summed E-state index contributed by atoms with van der Waals surface area (Å²) >= 11 is 0. The number of benzene rings is 1. The molecule has 0 atom stereocenters. The van der Waals surface area contributed by atoms with Crippen LogP contribution in [0.25, 0.3) is 0 Å². The maximum Gasteiger partial charge on any atom is 0.164 e. The highest BCUT2D eigenvalue weighted by atomic mass is 19.2. The molecule has 0 fully saturated rings. The fourth-order valence-corrected chi connectivity index (χ4v) is 1.19. The second kappa shape index (κ2) is 4.46. The smallest absolute Gasteiger partial charge is 0.164 e. The van der Waals surface area contributed by atoms with Crippen LogP contribution >= 0.6 is 0 Å². The summed E-state index contributed by atoms with van der Waals surface area (Å²) in [5, 5.41) is 8.50. The lowest BCUT2D eigenvalue weighted by molar-refractivity contribution is 0.287. The Bertz CT molecular complexity index is 337. The minimum atomic E-state index is -1.14. The summed E-state index contributed by atoms with van der Waals surface area (Å²) in [5.41, 5.74) is -0.338. The monoisotopic (exact) mass is 204 g/mol. The van der Waals surface area contributed by atoms with Crippen LogP contribution < -0.4 is 0 Å². The predicted molar refractivity (Wildman–Crippen MR) is 46.5 cm³/mol. The van der Waals surface area contributed by atoms with Gasteiger partial charge in [0.1, 0.15) is 5.82 Å². The Labute approximate surface area is 80.2 Å². The topological polar surface area (TPSA) is 20.2 Å². The van der Waals surface area contributed by atoms with Crippen LogP contribution in [-0.4, -0.2) is 11.7 Å². The molecular formula is C10H11F3O. The van der Waals surface area contributed by atoms with E-state index in [1.165, 1.54) is 6.92 Å². The van der Waals surface area contributed by atoms with Gasteiger partial charge in [0.15, 0.2) is 11.6 Å². The van der Waals surface area contributed by atoms with Crippen molar-refractivity contribution in [2.45, 2.75) is 19.8 Å². The first-order valence-electron chi connectivity index (χ1n) is 4.31. The van der Waals surface area contributed by atoms with Gasteiger partial charge >= 0.3 is 0 Å². The highest BCUT2D eigenvalue weighted by Crippen LogP contribution is 2.20. The standard InChI is InChI=1S/C10H11F3O/c1-6-8(11)5-7(3-2-4-14)10(13)9(6)12/h5,14H,2-4H2,1H3. The van der Waals surface area contributed by atoms with Gasteiger partial charge in [-0.15, -0.1) is 0 Å². The molecule has 1 aromatic rings. The first-order valence-corrected chi connectivity index (χ1v) is 4.31. The van der Waals surface area contributed by atoms with Gasteiger partial charge in [0.25, 0.3) is 0 Å². The first kappa shape index (κ1) is 11.0. The van der Waals surface area contributed by atoms with Gasteiger partial charge in [-0.2, -0.15) is 0 Å². The molecule has 0 saturated carbocycles. The molecule has 0 spiro atoms. The molecule has 0 radical (unpaired) electrons. The summed E-state index contributed by atoms with van der Waals surface area (Å²) in [6.45, 7) is 1.06. The van der Waals surface area contributed by atoms with E-state index in [0.717, 1.165) is 6.07 Å². The molecule has 1 rings (SSSR count). The molecule has 0 aliphatic rings. The van der Waals surface area contributed by atoms with Gasteiger partial charge in [0.2, 0.25) is 0 Å². The zero-order valence-electron chi connectivity index (χ0n) is 7.78. The fraction of sp³-hybridized carbons (Fsp3) is 0.400. The van der Waals surface area contributed by atoms with Gasteiger partial charge in [-0.1, -0.05) is 0 Å².